The molecular weight excluding hydrogens is 474 g/mol. The molecule has 3 rings (SSSR count). The number of aldehydes is 1. The second-order valence-corrected chi connectivity index (χ2v) is 9.67. The van der Waals surface area contributed by atoms with Crippen LogP contribution >= 0.6 is 0 Å². The number of piperidine rings is 1. The molecule has 1 aromatic carbocycles. The van der Waals surface area contributed by atoms with Crippen molar-refractivity contribution in [3.8, 4) is 11.8 Å². The number of benzene rings is 1. The van der Waals surface area contributed by atoms with Crippen molar-refractivity contribution < 1.29 is 28.7 Å². The number of ether oxygens (including phenoxy) is 1. The molecule has 2 aliphatic heterocycles. The van der Waals surface area contributed by atoms with E-state index in [1.54, 1.807) is 23.1 Å². The summed E-state index contributed by atoms with van der Waals surface area (Å²) >= 11 is 0. The zero-order valence-corrected chi connectivity index (χ0v) is 22.6. The lowest BCUT2D eigenvalue weighted by molar-refractivity contribution is -0.121. The molecule has 1 atom stereocenters. The first-order valence-electron chi connectivity index (χ1n) is 12.7. The van der Waals surface area contributed by atoms with Gasteiger partial charge in [0.15, 0.2) is 0 Å². The van der Waals surface area contributed by atoms with Crippen LogP contribution in [0.2, 0.25) is 0 Å². The zero-order chi connectivity index (χ0) is 27.8. The van der Waals surface area contributed by atoms with E-state index in [0.717, 1.165) is 4.90 Å². The molecule has 2 heterocycles. The van der Waals surface area contributed by atoms with Crippen LogP contribution in [0, 0.1) is 17.8 Å². The summed E-state index contributed by atoms with van der Waals surface area (Å²) in [4.78, 5) is 63.6. The highest BCUT2D eigenvalue weighted by Gasteiger charge is 2.40. The van der Waals surface area contributed by atoms with Crippen molar-refractivity contribution in [3.63, 3.8) is 0 Å². The summed E-state index contributed by atoms with van der Waals surface area (Å²) < 4.78 is 5.42. The smallest absolute Gasteiger partial charge is 0.410 e. The molecule has 9 heteroatoms. The number of carbonyl (C=O) groups is 5. The average molecular weight is 512 g/mol. The SMILES string of the molecule is CC.CNC(=O)CCC(C=O)N1C(=O)c2ccc(C#CC3CCN(C(=O)OC(C)(C)C)CC3)cc2C1=O. The lowest BCUT2D eigenvalue weighted by Crippen LogP contribution is -2.41. The van der Waals surface area contributed by atoms with Gasteiger partial charge in [0, 0.05) is 38.0 Å². The van der Waals surface area contributed by atoms with Crippen LogP contribution < -0.4 is 5.32 Å². The lowest BCUT2D eigenvalue weighted by Gasteiger charge is -2.31. The predicted octanol–water partition coefficient (Wildman–Crippen LogP) is 3.40. The standard InChI is InChI=1S/C26H31N3O6.C2H6/c1-26(2,3)35-25(34)28-13-11-17(12-14-28)5-6-18-7-9-20-21(15-18)24(33)29(23(20)32)19(16-30)8-10-22(31)27-4;1-2/h7,9,15-17,19H,8,10-14H2,1-4H3,(H,27,31);1-2H3. The third kappa shape index (κ3) is 7.66. The van der Waals surface area contributed by atoms with Crippen LogP contribution in [0.5, 0.6) is 0 Å². The zero-order valence-electron chi connectivity index (χ0n) is 22.6. The number of hydrogen-bond acceptors (Lipinski definition) is 6. The van der Waals surface area contributed by atoms with Crippen LogP contribution in [0.15, 0.2) is 18.2 Å². The van der Waals surface area contributed by atoms with E-state index < -0.39 is 23.5 Å². The minimum absolute atomic E-state index is 0.0246. The highest BCUT2D eigenvalue weighted by molar-refractivity contribution is 6.22. The third-order valence-corrected chi connectivity index (χ3v) is 5.92. The number of amides is 4. The Morgan fingerprint density at radius 2 is 1.76 bits per heavy atom. The maximum absolute atomic E-state index is 12.9. The van der Waals surface area contributed by atoms with E-state index in [1.165, 1.54) is 7.05 Å². The number of rotatable bonds is 5. The molecule has 0 aromatic heterocycles. The van der Waals surface area contributed by atoms with Crippen LogP contribution in [-0.2, 0) is 14.3 Å². The molecule has 4 amide bonds. The molecule has 0 spiro atoms. The van der Waals surface area contributed by atoms with Crippen LogP contribution in [0.4, 0.5) is 4.79 Å². The molecule has 2 aliphatic rings. The minimum Gasteiger partial charge on any atom is -0.444 e. The molecule has 1 aromatic rings. The summed E-state index contributed by atoms with van der Waals surface area (Å²) in [5, 5.41) is 2.46. The summed E-state index contributed by atoms with van der Waals surface area (Å²) in [6, 6.07) is 3.78. The molecule has 200 valence electrons. The van der Waals surface area contributed by atoms with E-state index in [0.29, 0.717) is 37.8 Å². The minimum atomic E-state index is -1.01. The topological polar surface area (TPSA) is 113 Å². The number of fused-ring (bicyclic) bond motifs is 1. The van der Waals surface area contributed by atoms with Gasteiger partial charge in [0.05, 0.1) is 17.2 Å². The normalized spacial score (nSPS) is 16.1. The van der Waals surface area contributed by atoms with Gasteiger partial charge in [-0.2, -0.15) is 0 Å². The van der Waals surface area contributed by atoms with Crippen molar-refractivity contribution in [2.24, 2.45) is 5.92 Å². The van der Waals surface area contributed by atoms with Crippen molar-refractivity contribution in [3.05, 3.63) is 34.9 Å². The number of carbonyl (C=O) groups excluding carboxylic acids is 5. The molecular formula is C28H37N3O6. The van der Waals surface area contributed by atoms with Crippen LogP contribution in [0.3, 0.4) is 0 Å². The summed E-state index contributed by atoms with van der Waals surface area (Å²) in [5.74, 6) is 5.00. The molecule has 1 saturated heterocycles. The molecule has 1 fully saturated rings. The molecule has 9 nitrogen and oxygen atoms in total. The van der Waals surface area contributed by atoms with Gasteiger partial charge in [-0.15, -0.1) is 0 Å². The van der Waals surface area contributed by atoms with Crippen molar-refractivity contribution in [1.82, 2.24) is 15.1 Å². The Kier molecular flexibility index (Phi) is 10.4. The van der Waals surface area contributed by atoms with Gasteiger partial charge in [-0.05, 0) is 58.2 Å². The summed E-state index contributed by atoms with van der Waals surface area (Å²) in [6.45, 7) is 10.6. The molecule has 1 N–H and O–H groups in total. The van der Waals surface area contributed by atoms with Crippen LogP contribution in [0.1, 0.15) is 86.6 Å². The molecule has 0 bridgehead atoms. The first-order valence-corrected chi connectivity index (χ1v) is 12.7. The van der Waals surface area contributed by atoms with E-state index in [4.69, 9.17) is 4.74 Å². The van der Waals surface area contributed by atoms with Gasteiger partial charge in [0.2, 0.25) is 5.91 Å². The van der Waals surface area contributed by atoms with E-state index in [-0.39, 0.29) is 41.9 Å². The second kappa shape index (κ2) is 13.0. The monoisotopic (exact) mass is 511 g/mol. The fraction of sp³-hybridized carbons (Fsp3) is 0.536. The molecule has 0 saturated carbocycles. The van der Waals surface area contributed by atoms with Gasteiger partial charge < -0.3 is 19.7 Å². The van der Waals surface area contributed by atoms with E-state index in [1.807, 2.05) is 34.6 Å². The fourth-order valence-electron chi connectivity index (χ4n) is 4.02. The Hall–Kier alpha value is -3.67. The Morgan fingerprint density at radius 3 is 2.32 bits per heavy atom. The third-order valence-electron chi connectivity index (χ3n) is 5.92. The quantitative estimate of drug-likeness (QED) is 0.368. The molecule has 37 heavy (non-hydrogen) atoms. The number of nitrogens with zero attached hydrogens (tertiary/aromatic N) is 2. The maximum Gasteiger partial charge on any atom is 0.410 e. The van der Waals surface area contributed by atoms with E-state index >= 15 is 0 Å². The number of imide groups is 1. The van der Waals surface area contributed by atoms with E-state index in [9.17, 15) is 24.0 Å². The highest BCUT2D eigenvalue weighted by atomic mass is 16.6. The maximum atomic E-state index is 12.9. The Balaban J connectivity index is 0.00000235. The van der Waals surface area contributed by atoms with Gasteiger partial charge in [-0.25, -0.2) is 4.79 Å². The van der Waals surface area contributed by atoms with Crippen molar-refractivity contribution in [2.75, 3.05) is 20.1 Å². The predicted molar refractivity (Wildman–Crippen MR) is 139 cm³/mol. The van der Waals surface area contributed by atoms with Crippen molar-refractivity contribution >= 4 is 30.1 Å². The Labute approximate surface area is 218 Å². The highest BCUT2D eigenvalue weighted by Crippen LogP contribution is 2.27. The lowest BCUT2D eigenvalue weighted by atomic mass is 9.97. The largest absolute Gasteiger partial charge is 0.444 e. The van der Waals surface area contributed by atoms with Gasteiger partial charge >= 0.3 is 6.09 Å². The number of hydrogen-bond donors (Lipinski definition) is 1. The van der Waals surface area contributed by atoms with E-state index in [2.05, 4.69) is 17.2 Å². The second-order valence-electron chi connectivity index (χ2n) is 9.67. The fourth-order valence-corrected chi connectivity index (χ4v) is 4.02. The summed E-state index contributed by atoms with van der Waals surface area (Å²) in [7, 11) is 1.48. The molecule has 0 radical (unpaired) electrons. The van der Waals surface area contributed by atoms with Crippen molar-refractivity contribution in [2.45, 2.75) is 71.9 Å². The molecule has 1 unspecified atom stereocenters. The van der Waals surface area contributed by atoms with Gasteiger partial charge in [-0.1, -0.05) is 25.7 Å². The van der Waals surface area contributed by atoms with Gasteiger partial charge in [0.1, 0.15) is 11.9 Å². The van der Waals surface area contributed by atoms with Crippen molar-refractivity contribution in [1.29, 1.82) is 0 Å². The first kappa shape index (κ1) is 29.6. The molecule has 0 aliphatic carbocycles. The Bertz CT molecular complexity index is 1090. The average Bonchev–Trinajstić information content (AvgIpc) is 3.13. The number of likely N-dealkylation sites (tertiary alicyclic amines) is 1. The first-order chi connectivity index (χ1) is 17.5. The summed E-state index contributed by atoms with van der Waals surface area (Å²) in [6.07, 6.45) is 1.72. The van der Waals surface area contributed by atoms with Crippen LogP contribution in [0.25, 0.3) is 0 Å². The van der Waals surface area contributed by atoms with Gasteiger partial charge in [0.25, 0.3) is 11.8 Å². The Morgan fingerprint density at radius 1 is 1.14 bits per heavy atom. The van der Waals surface area contributed by atoms with Crippen LogP contribution in [-0.4, -0.2) is 71.7 Å². The summed E-state index contributed by atoms with van der Waals surface area (Å²) in [5.41, 5.74) is 0.478. The number of nitrogens with one attached hydrogen (secondary N) is 1. The van der Waals surface area contributed by atoms with Gasteiger partial charge in [-0.3, -0.25) is 19.3 Å².